The van der Waals surface area contributed by atoms with Crippen LogP contribution in [0, 0.1) is 11.8 Å². The van der Waals surface area contributed by atoms with Crippen LogP contribution in [-0.2, 0) is 19.7 Å². The lowest BCUT2D eigenvalue weighted by Gasteiger charge is -2.53. The number of piperidine rings is 3. The third-order valence-corrected chi connectivity index (χ3v) is 7.55. The molecule has 4 saturated heterocycles. The highest BCUT2D eigenvalue weighted by Crippen LogP contribution is 2.42. The van der Waals surface area contributed by atoms with Crippen LogP contribution in [0.15, 0.2) is 30.3 Å². The largest absolute Gasteiger partial charge is 0.381 e. The van der Waals surface area contributed by atoms with Crippen LogP contribution in [0.3, 0.4) is 0 Å². The standard InChI is InChI=1S/C23H30N2O3/c26-21-8-4-7-20-18-13-17(15-25(20)21)14-24(16-18)22(27)23(9-11-28-12-10-23)19-5-2-1-3-6-19/h1-3,5-6,17-18,20H,4,7-16H2/t17-,18-,20+/m0/s1. The Morgan fingerprint density at radius 2 is 1.86 bits per heavy atom. The molecule has 0 aliphatic carbocycles. The van der Waals surface area contributed by atoms with Crippen LogP contribution in [0.5, 0.6) is 0 Å². The molecule has 1 aromatic rings. The number of likely N-dealkylation sites (tertiary alicyclic amines) is 1. The molecule has 2 bridgehead atoms. The van der Waals surface area contributed by atoms with E-state index in [1.807, 2.05) is 18.2 Å². The highest BCUT2D eigenvalue weighted by atomic mass is 16.5. The third kappa shape index (κ3) is 2.95. The van der Waals surface area contributed by atoms with Gasteiger partial charge in [0.1, 0.15) is 0 Å². The van der Waals surface area contributed by atoms with Crippen molar-refractivity contribution in [3.8, 4) is 0 Å². The second-order valence-corrected chi connectivity index (χ2v) is 9.14. The quantitative estimate of drug-likeness (QED) is 0.790. The van der Waals surface area contributed by atoms with E-state index in [2.05, 4.69) is 21.9 Å². The summed E-state index contributed by atoms with van der Waals surface area (Å²) in [6, 6.07) is 10.6. The molecular formula is C23H30N2O3. The maximum absolute atomic E-state index is 13.9. The van der Waals surface area contributed by atoms with Crippen LogP contribution in [0.25, 0.3) is 0 Å². The molecule has 0 unspecified atom stereocenters. The summed E-state index contributed by atoms with van der Waals surface area (Å²) in [7, 11) is 0. The predicted octanol–water partition coefficient (Wildman–Crippen LogP) is 2.59. The summed E-state index contributed by atoms with van der Waals surface area (Å²) in [4.78, 5) is 30.6. The molecule has 2 amide bonds. The molecule has 0 saturated carbocycles. The minimum Gasteiger partial charge on any atom is -0.381 e. The summed E-state index contributed by atoms with van der Waals surface area (Å²) in [6.45, 7) is 3.73. The molecule has 0 radical (unpaired) electrons. The number of amides is 2. The topological polar surface area (TPSA) is 49.9 Å². The second kappa shape index (κ2) is 7.18. The van der Waals surface area contributed by atoms with E-state index >= 15 is 0 Å². The number of rotatable bonds is 2. The molecule has 4 fully saturated rings. The molecular weight excluding hydrogens is 352 g/mol. The number of fused-ring (bicyclic) bond motifs is 4. The SMILES string of the molecule is O=C1CCC[C@@H]2[C@H]3C[C@@H](CN(C(=O)C4(c5ccccc5)CCOCC4)C3)CN12. The summed E-state index contributed by atoms with van der Waals surface area (Å²) in [6.07, 6.45) is 5.49. The summed E-state index contributed by atoms with van der Waals surface area (Å²) < 4.78 is 5.63. The summed E-state index contributed by atoms with van der Waals surface area (Å²) >= 11 is 0. The van der Waals surface area contributed by atoms with Gasteiger partial charge in [-0.2, -0.15) is 0 Å². The zero-order valence-electron chi connectivity index (χ0n) is 16.5. The van der Waals surface area contributed by atoms with Gasteiger partial charge in [0, 0.05) is 45.3 Å². The number of carbonyl (C=O) groups is 2. The summed E-state index contributed by atoms with van der Waals surface area (Å²) in [5.74, 6) is 1.48. The van der Waals surface area contributed by atoms with E-state index in [-0.39, 0.29) is 5.91 Å². The molecule has 4 aliphatic heterocycles. The first-order chi connectivity index (χ1) is 13.7. The van der Waals surface area contributed by atoms with Gasteiger partial charge in [-0.3, -0.25) is 9.59 Å². The van der Waals surface area contributed by atoms with Crippen LogP contribution in [0.4, 0.5) is 0 Å². The van der Waals surface area contributed by atoms with Crippen LogP contribution in [0.2, 0.25) is 0 Å². The van der Waals surface area contributed by atoms with Crippen molar-refractivity contribution in [2.45, 2.75) is 50.0 Å². The molecule has 4 aliphatic rings. The second-order valence-electron chi connectivity index (χ2n) is 9.14. The van der Waals surface area contributed by atoms with Crippen molar-refractivity contribution in [3.63, 3.8) is 0 Å². The van der Waals surface area contributed by atoms with Gasteiger partial charge in [-0.05, 0) is 49.5 Å². The van der Waals surface area contributed by atoms with Crippen molar-refractivity contribution in [1.82, 2.24) is 9.80 Å². The summed E-state index contributed by atoms with van der Waals surface area (Å²) in [5, 5.41) is 0. The Hall–Kier alpha value is -1.88. The van der Waals surface area contributed by atoms with E-state index in [0.29, 0.717) is 43.4 Å². The Balaban J connectivity index is 1.41. The lowest BCUT2D eigenvalue weighted by atomic mass is 9.71. The van der Waals surface area contributed by atoms with Gasteiger partial charge in [-0.15, -0.1) is 0 Å². The lowest BCUT2D eigenvalue weighted by molar-refractivity contribution is -0.153. The number of hydrogen-bond acceptors (Lipinski definition) is 3. The van der Waals surface area contributed by atoms with Gasteiger partial charge >= 0.3 is 0 Å². The molecule has 5 rings (SSSR count). The van der Waals surface area contributed by atoms with Crippen molar-refractivity contribution in [2.75, 3.05) is 32.8 Å². The average Bonchev–Trinajstić information content (AvgIpc) is 2.75. The molecule has 1 aromatic carbocycles. The fourth-order valence-corrected chi connectivity index (χ4v) is 6.18. The van der Waals surface area contributed by atoms with E-state index in [0.717, 1.165) is 50.9 Å². The van der Waals surface area contributed by atoms with Gasteiger partial charge in [0.15, 0.2) is 0 Å². The third-order valence-electron chi connectivity index (χ3n) is 7.55. The van der Waals surface area contributed by atoms with E-state index in [9.17, 15) is 9.59 Å². The Morgan fingerprint density at radius 1 is 1.07 bits per heavy atom. The zero-order chi connectivity index (χ0) is 19.1. The smallest absolute Gasteiger partial charge is 0.233 e. The Labute approximate surface area is 167 Å². The maximum atomic E-state index is 13.9. The van der Waals surface area contributed by atoms with E-state index in [1.165, 1.54) is 6.42 Å². The van der Waals surface area contributed by atoms with Crippen LogP contribution >= 0.6 is 0 Å². The number of ether oxygens (including phenoxy) is 1. The molecule has 0 N–H and O–H groups in total. The lowest BCUT2D eigenvalue weighted by Crippen LogP contribution is -2.63. The Bertz CT molecular complexity index is 743. The molecule has 28 heavy (non-hydrogen) atoms. The molecule has 150 valence electrons. The monoisotopic (exact) mass is 382 g/mol. The first-order valence-corrected chi connectivity index (χ1v) is 10.9. The first-order valence-electron chi connectivity index (χ1n) is 10.9. The van der Waals surface area contributed by atoms with Gasteiger partial charge in [0.25, 0.3) is 0 Å². The molecule has 0 aromatic heterocycles. The number of hydrogen-bond donors (Lipinski definition) is 0. The highest BCUT2D eigenvalue weighted by Gasteiger charge is 2.49. The molecule has 5 heteroatoms. The normalized spacial score (nSPS) is 32.0. The van der Waals surface area contributed by atoms with E-state index in [4.69, 9.17) is 4.74 Å². The Morgan fingerprint density at radius 3 is 2.64 bits per heavy atom. The van der Waals surface area contributed by atoms with Gasteiger partial charge in [-0.25, -0.2) is 0 Å². The van der Waals surface area contributed by atoms with Crippen LogP contribution in [-0.4, -0.2) is 60.5 Å². The Kier molecular flexibility index (Phi) is 4.66. The average molecular weight is 383 g/mol. The number of nitrogens with zero attached hydrogens (tertiary/aromatic N) is 2. The van der Waals surface area contributed by atoms with Gasteiger partial charge in [0.05, 0.1) is 5.41 Å². The minimum atomic E-state index is -0.451. The number of carbonyl (C=O) groups excluding carboxylic acids is 2. The summed E-state index contributed by atoms with van der Waals surface area (Å²) in [5.41, 5.74) is 0.682. The maximum Gasteiger partial charge on any atom is 0.233 e. The fourth-order valence-electron chi connectivity index (χ4n) is 6.18. The van der Waals surface area contributed by atoms with E-state index in [1.54, 1.807) is 0 Å². The van der Waals surface area contributed by atoms with Crippen molar-refractivity contribution in [1.29, 1.82) is 0 Å². The molecule has 3 atom stereocenters. The highest BCUT2D eigenvalue weighted by molar-refractivity contribution is 5.88. The molecule has 4 heterocycles. The predicted molar refractivity (Wildman–Crippen MR) is 106 cm³/mol. The van der Waals surface area contributed by atoms with Crippen LogP contribution in [0.1, 0.15) is 44.1 Å². The molecule has 0 spiro atoms. The first kappa shape index (κ1) is 18.2. The van der Waals surface area contributed by atoms with Crippen molar-refractivity contribution in [3.05, 3.63) is 35.9 Å². The van der Waals surface area contributed by atoms with Crippen molar-refractivity contribution < 1.29 is 14.3 Å². The minimum absolute atomic E-state index is 0.285. The van der Waals surface area contributed by atoms with Crippen LogP contribution < -0.4 is 0 Å². The number of benzene rings is 1. The zero-order valence-corrected chi connectivity index (χ0v) is 16.5. The molecule has 5 nitrogen and oxygen atoms in total. The van der Waals surface area contributed by atoms with Crippen molar-refractivity contribution >= 4 is 11.8 Å². The van der Waals surface area contributed by atoms with E-state index < -0.39 is 5.41 Å². The van der Waals surface area contributed by atoms with Gasteiger partial charge < -0.3 is 14.5 Å². The van der Waals surface area contributed by atoms with Gasteiger partial charge in [0.2, 0.25) is 11.8 Å². The van der Waals surface area contributed by atoms with Gasteiger partial charge in [-0.1, -0.05) is 30.3 Å². The fraction of sp³-hybridized carbons (Fsp3) is 0.652. The van der Waals surface area contributed by atoms with Crippen molar-refractivity contribution in [2.24, 2.45) is 11.8 Å².